The van der Waals surface area contributed by atoms with Gasteiger partial charge in [0, 0.05) is 0 Å². The first kappa shape index (κ1) is 7.94. The van der Waals surface area contributed by atoms with E-state index in [0.29, 0.717) is 0 Å². The number of rotatable bonds is 2. The van der Waals surface area contributed by atoms with Crippen molar-refractivity contribution < 1.29 is 18.5 Å². The number of halogens is 2. The van der Waals surface area contributed by atoms with E-state index in [-0.39, 0.29) is 13.4 Å². The van der Waals surface area contributed by atoms with Crippen LogP contribution in [-0.2, 0) is 0 Å². The molecule has 0 saturated carbocycles. The van der Waals surface area contributed by atoms with Crippen LogP contribution in [0.2, 0.25) is 0 Å². The summed E-state index contributed by atoms with van der Waals surface area (Å²) in [6.45, 7) is 0. The molecule has 57 valence electrons. The smallest absolute Gasteiger partial charge is 0.534 e. The summed E-state index contributed by atoms with van der Waals surface area (Å²) < 4.78 is 28.8. The lowest BCUT2D eigenvalue weighted by Crippen LogP contribution is -2.03. The summed E-state index contributed by atoms with van der Waals surface area (Å²) in [5.41, 5.74) is 0. The van der Waals surface area contributed by atoms with Crippen molar-refractivity contribution in [3.63, 3.8) is 0 Å². The van der Waals surface area contributed by atoms with Crippen molar-refractivity contribution in [2.45, 2.75) is 0 Å². The number of aromatic nitrogens is 1. The van der Waals surface area contributed by atoms with Crippen molar-refractivity contribution in [3.8, 4) is 5.75 Å². The minimum absolute atomic E-state index is 0.290. The van der Waals surface area contributed by atoms with Crippen LogP contribution in [-0.4, -0.2) is 17.7 Å². The lowest BCUT2D eigenvalue weighted by molar-refractivity contribution is 0.413. The standard InChI is InChI=1S/C5H3BF2NO2/c7-4-2-1-3(11-6-10)5(8)9-4/h1-2,10H. The molecule has 0 bridgehead atoms. The van der Waals surface area contributed by atoms with E-state index in [9.17, 15) is 8.78 Å². The van der Waals surface area contributed by atoms with Gasteiger partial charge in [0.1, 0.15) is 0 Å². The van der Waals surface area contributed by atoms with E-state index in [1.54, 1.807) is 0 Å². The number of pyridine rings is 1. The van der Waals surface area contributed by atoms with Gasteiger partial charge in [-0.15, -0.1) is 0 Å². The summed E-state index contributed by atoms with van der Waals surface area (Å²) in [7, 11) is 0.290. The number of hydrogen-bond donors (Lipinski definition) is 1. The lowest BCUT2D eigenvalue weighted by atomic mass is 10.4. The van der Waals surface area contributed by atoms with Crippen LogP contribution in [0, 0.1) is 11.9 Å². The van der Waals surface area contributed by atoms with Crippen molar-refractivity contribution in [1.29, 1.82) is 0 Å². The van der Waals surface area contributed by atoms with Gasteiger partial charge in [-0.3, -0.25) is 0 Å². The highest BCUT2D eigenvalue weighted by molar-refractivity contribution is 6.17. The van der Waals surface area contributed by atoms with Crippen LogP contribution < -0.4 is 4.65 Å². The third-order valence-corrected chi connectivity index (χ3v) is 0.960. The van der Waals surface area contributed by atoms with Crippen LogP contribution in [0.15, 0.2) is 12.1 Å². The Balaban J connectivity index is 2.90. The highest BCUT2D eigenvalue weighted by Gasteiger charge is 2.05. The number of hydrogen-bond acceptors (Lipinski definition) is 3. The van der Waals surface area contributed by atoms with E-state index < -0.39 is 11.9 Å². The molecule has 1 aromatic rings. The van der Waals surface area contributed by atoms with Crippen LogP contribution in [0.5, 0.6) is 5.75 Å². The fourth-order valence-electron chi connectivity index (χ4n) is 0.544. The fourth-order valence-corrected chi connectivity index (χ4v) is 0.544. The van der Waals surface area contributed by atoms with Gasteiger partial charge in [-0.25, -0.2) is 0 Å². The van der Waals surface area contributed by atoms with Crippen LogP contribution in [0.1, 0.15) is 0 Å². The molecular formula is C5H3BF2NO2. The van der Waals surface area contributed by atoms with Crippen LogP contribution in [0.3, 0.4) is 0 Å². The first-order chi connectivity index (χ1) is 5.24. The molecule has 3 nitrogen and oxygen atoms in total. The van der Waals surface area contributed by atoms with E-state index >= 15 is 0 Å². The van der Waals surface area contributed by atoms with Gasteiger partial charge in [0.25, 0.3) is 5.95 Å². The number of nitrogens with zero attached hydrogens (tertiary/aromatic N) is 1. The Morgan fingerprint density at radius 3 is 2.73 bits per heavy atom. The molecule has 0 aromatic carbocycles. The van der Waals surface area contributed by atoms with Crippen molar-refractivity contribution in [3.05, 3.63) is 24.0 Å². The predicted octanol–water partition coefficient (Wildman–Crippen LogP) is 0.265. The van der Waals surface area contributed by atoms with Crippen molar-refractivity contribution in [2.75, 3.05) is 0 Å². The maximum Gasteiger partial charge on any atom is 0.569 e. The molecule has 0 aliphatic carbocycles. The SMILES string of the molecule is O[B]Oc1ccc(F)nc1F. The van der Waals surface area contributed by atoms with Gasteiger partial charge in [0.05, 0.1) is 0 Å². The highest BCUT2D eigenvalue weighted by Crippen LogP contribution is 2.13. The Morgan fingerprint density at radius 1 is 1.45 bits per heavy atom. The normalized spacial score (nSPS) is 9.36. The lowest BCUT2D eigenvalue weighted by Gasteiger charge is -2.00. The molecule has 0 spiro atoms. The zero-order valence-electron chi connectivity index (χ0n) is 5.29. The largest absolute Gasteiger partial charge is 0.569 e. The molecule has 1 radical (unpaired) electrons. The van der Waals surface area contributed by atoms with Gasteiger partial charge in [-0.2, -0.15) is 13.8 Å². The second kappa shape index (κ2) is 3.29. The third kappa shape index (κ3) is 1.88. The van der Waals surface area contributed by atoms with Gasteiger partial charge < -0.3 is 9.68 Å². The third-order valence-electron chi connectivity index (χ3n) is 0.960. The van der Waals surface area contributed by atoms with E-state index in [2.05, 4.69) is 9.64 Å². The van der Waals surface area contributed by atoms with Gasteiger partial charge >= 0.3 is 7.69 Å². The Hall–Kier alpha value is -1.17. The Morgan fingerprint density at radius 2 is 2.18 bits per heavy atom. The Labute approximate surface area is 61.9 Å². The molecule has 11 heavy (non-hydrogen) atoms. The maximum absolute atomic E-state index is 12.4. The van der Waals surface area contributed by atoms with Crippen molar-refractivity contribution in [1.82, 2.24) is 4.98 Å². The predicted molar refractivity (Wildman–Crippen MR) is 32.8 cm³/mol. The first-order valence-corrected chi connectivity index (χ1v) is 2.68. The van der Waals surface area contributed by atoms with Gasteiger partial charge in [-0.05, 0) is 12.1 Å². The van der Waals surface area contributed by atoms with Gasteiger partial charge in [0.2, 0.25) is 5.95 Å². The zero-order valence-corrected chi connectivity index (χ0v) is 5.29. The van der Waals surface area contributed by atoms with Crippen LogP contribution in [0.25, 0.3) is 0 Å². The summed E-state index contributed by atoms with van der Waals surface area (Å²) in [4.78, 5) is 2.80. The van der Waals surface area contributed by atoms with E-state index in [1.807, 2.05) is 0 Å². The molecule has 0 atom stereocenters. The average Bonchev–Trinajstić information content (AvgIpc) is 1.95. The van der Waals surface area contributed by atoms with E-state index in [4.69, 9.17) is 5.02 Å². The maximum atomic E-state index is 12.4. The summed E-state index contributed by atoms with van der Waals surface area (Å²) in [6, 6.07) is 1.94. The van der Waals surface area contributed by atoms with Crippen LogP contribution >= 0.6 is 0 Å². The molecule has 1 heterocycles. The molecule has 1 rings (SSSR count). The molecule has 0 unspecified atom stereocenters. The zero-order chi connectivity index (χ0) is 8.27. The van der Waals surface area contributed by atoms with Gasteiger partial charge in [0.15, 0.2) is 5.75 Å². The Bertz CT molecular complexity index is 258. The van der Waals surface area contributed by atoms with Crippen molar-refractivity contribution >= 4 is 7.69 Å². The summed E-state index contributed by atoms with van der Waals surface area (Å²) >= 11 is 0. The van der Waals surface area contributed by atoms with E-state index in [1.165, 1.54) is 0 Å². The van der Waals surface area contributed by atoms with Gasteiger partial charge in [-0.1, -0.05) is 0 Å². The molecule has 0 aliphatic rings. The summed E-state index contributed by atoms with van der Waals surface area (Å²) in [5.74, 6) is -2.36. The monoisotopic (exact) mass is 158 g/mol. The topological polar surface area (TPSA) is 42.4 Å². The second-order valence-corrected chi connectivity index (χ2v) is 1.65. The molecule has 6 heteroatoms. The highest BCUT2D eigenvalue weighted by atomic mass is 19.1. The molecule has 0 fully saturated rings. The fraction of sp³-hybridized carbons (Fsp3) is 0. The molecule has 0 saturated heterocycles. The molecule has 1 N–H and O–H groups in total. The second-order valence-electron chi connectivity index (χ2n) is 1.65. The molecule has 0 amide bonds. The quantitative estimate of drug-likeness (QED) is 0.495. The average molecular weight is 158 g/mol. The molecular weight excluding hydrogens is 155 g/mol. The molecule has 0 aliphatic heterocycles. The van der Waals surface area contributed by atoms with E-state index in [0.717, 1.165) is 12.1 Å². The minimum atomic E-state index is -1.10. The summed E-state index contributed by atoms with van der Waals surface area (Å²) in [5, 5.41) is 8.08. The first-order valence-electron chi connectivity index (χ1n) is 2.68. The minimum Gasteiger partial charge on any atom is -0.534 e. The summed E-state index contributed by atoms with van der Waals surface area (Å²) in [6.07, 6.45) is 0. The van der Waals surface area contributed by atoms with Crippen molar-refractivity contribution in [2.24, 2.45) is 0 Å². The molecule has 1 aromatic heterocycles. The van der Waals surface area contributed by atoms with Crippen LogP contribution in [0.4, 0.5) is 8.78 Å². The Kier molecular flexibility index (Phi) is 2.38.